The molecule has 146 valence electrons. The average molecular weight is 380 g/mol. The molecule has 9 heteroatoms. The van der Waals surface area contributed by atoms with Gasteiger partial charge in [0.1, 0.15) is 17.9 Å². The third kappa shape index (κ3) is 3.39. The Morgan fingerprint density at radius 2 is 2.15 bits per heavy atom. The molecule has 2 aromatic heterocycles. The summed E-state index contributed by atoms with van der Waals surface area (Å²) in [5, 5.41) is 12.3. The number of pyridine rings is 2. The van der Waals surface area contributed by atoms with E-state index in [-0.39, 0.29) is 16.9 Å². The van der Waals surface area contributed by atoms with Crippen molar-refractivity contribution >= 4 is 22.8 Å². The summed E-state index contributed by atoms with van der Waals surface area (Å²) >= 11 is 0. The number of hydrogen-bond donors (Lipinski definition) is 2. The monoisotopic (exact) mass is 380 g/mol. The van der Waals surface area contributed by atoms with E-state index < -0.39 is 41.0 Å². The van der Waals surface area contributed by atoms with Crippen molar-refractivity contribution in [1.29, 1.82) is 0 Å². The minimum atomic E-state index is -1.39. The summed E-state index contributed by atoms with van der Waals surface area (Å²) in [5.74, 6) is -2.20. The highest BCUT2D eigenvalue weighted by atomic mass is 19.1. The van der Waals surface area contributed by atoms with Gasteiger partial charge in [-0.15, -0.1) is 0 Å². The van der Waals surface area contributed by atoms with Crippen LogP contribution in [-0.4, -0.2) is 53.0 Å². The van der Waals surface area contributed by atoms with Crippen LogP contribution in [0.1, 0.15) is 31.1 Å². The van der Waals surface area contributed by atoms with Crippen molar-refractivity contribution in [1.82, 2.24) is 14.9 Å². The first-order chi connectivity index (χ1) is 12.6. The Bertz CT molecular complexity index is 952. The molecule has 0 radical (unpaired) electrons. The second-order valence-corrected chi connectivity index (χ2v) is 7.59. The molecule has 7 nitrogen and oxygen atoms in total. The molecule has 3 rings (SSSR count). The van der Waals surface area contributed by atoms with Gasteiger partial charge in [-0.3, -0.25) is 4.79 Å². The summed E-state index contributed by atoms with van der Waals surface area (Å²) in [7, 11) is 0. The van der Waals surface area contributed by atoms with Gasteiger partial charge >= 0.3 is 5.97 Å². The normalized spacial score (nSPS) is 18.1. The van der Waals surface area contributed by atoms with Gasteiger partial charge in [-0.05, 0) is 26.8 Å². The number of carbonyl (C=O) groups is 1. The second kappa shape index (κ2) is 6.88. The van der Waals surface area contributed by atoms with Crippen molar-refractivity contribution in [2.45, 2.75) is 32.4 Å². The van der Waals surface area contributed by atoms with Crippen LogP contribution in [0.4, 0.5) is 14.6 Å². The quantitative estimate of drug-likeness (QED) is 0.843. The van der Waals surface area contributed by atoms with Crippen LogP contribution in [-0.2, 0) is 5.54 Å². The molecule has 2 N–H and O–H groups in total. The Morgan fingerprint density at radius 1 is 1.44 bits per heavy atom. The van der Waals surface area contributed by atoms with Gasteiger partial charge in [0.05, 0.1) is 11.4 Å². The fraction of sp³-hybridized carbons (Fsp3) is 0.500. The van der Waals surface area contributed by atoms with E-state index in [1.165, 1.54) is 6.20 Å². The van der Waals surface area contributed by atoms with Crippen molar-refractivity contribution in [2.75, 3.05) is 31.2 Å². The van der Waals surface area contributed by atoms with Crippen LogP contribution in [0.15, 0.2) is 17.1 Å². The predicted octanol–water partition coefficient (Wildman–Crippen LogP) is 1.74. The third-order valence-electron chi connectivity index (χ3n) is 4.67. The van der Waals surface area contributed by atoms with Crippen molar-refractivity contribution < 1.29 is 18.7 Å². The first kappa shape index (κ1) is 19.2. The third-order valence-corrected chi connectivity index (χ3v) is 4.67. The molecule has 2 aromatic rings. The zero-order valence-electron chi connectivity index (χ0n) is 15.4. The van der Waals surface area contributed by atoms with Crippen LogP contribution in [0, 0.1) is 5.82 Å². The SMILES string of the molecule is CC(C)(C)n1cc(C(=O)O)c(=O)c2cc(F)c(N3CCNCC3CF)nc21. The number of aromatic nitrogens is 2. The topological polar surface area (TPSA) is 87.5 Å². The summed E-state index contributed by atoms with van der Waals surface area (Å²) in [6.07, 6.45) is 1.23. The number of carboxylic acids is 1. The molecule has 1 unspecified atom stereocenters. The molecule has 0 saturated carbocycles. The van der Waals surface area contributed by atoms with Gasteiger partial charge in [0.25, 0.3) is 0 Å². The van der Waals surface area contributed by atoms with Gasteiger partial charge in [0, 0.05) is 31.4 Å². The van der Waals surface area contributed by atoms with E-state index in [9.17, 15) is 23.5 Å². The predicted molar refractivity (Wildman–Crippen MR) is 97.9 cm³/mol. The maximum absolute atomic E-state index is 14.8. The number of nitrogens with one attached hydrogen (secondary N) is 1. The smallest absolute Gasteiger partial charge is 0.341 e. The molecule has 0 amide bonds. The molecule has 1 aliphatic heterocycles. The number of rotatable bonds is 3. The number of fused-ring (bicyclic) bond motifs is 1. The molecule has 1 saturated heterocycles. The molecule has 27 heavy (non-hydrogen) atoms. The number of carboxylic acid groups (broad SMARTS) is 1. The fourth-order valence-electron chi connectivity index (χ4n) is 3.26. The van der Waals surface area contributed by atoms with Crippen molar-refractivity contribution in [3.63, 3.8) is 0 Å². The molecule has 3 heterocycles. The number of piperazine rings is 1. The lowest BCUT2D eigenvalue weighted by Gasteiger charge is -2.36. The molecular weight excluding hydrogens is 358 g/mol. The summed E-state index contributed by atoms with van der Waals surface area (Å²) in [6.45, 7) is 6.08. The Balaban J connectivity index is 2.32. The summed E-state index contributed by atoms with van der Waals surface area (Å²) < 4.78 is 29.7. The minimum Gasteiger partial charge on any atom is -0.477 e. The van der Waals surface area contributed by atoms with E-state index in [1.807, 2.05) is 20.8 Å². The molecule has 0 aromatic carbocycles. The summed E-state index contributed by atoms with van der Waals surface area (Å²) in [5.41, 5.74) is -1.68. The fourth-order valence-corrected chi connectivity index (χ4v) is 3.26. The number of anilines is 1. The maximum Gasteiger partial charge on any atom is 0.341 e. The molecule has 1 aliphatic rings. The average Bonchev–Trinajstić information content (AvgIpc) is 2.60. The van der Waals surface area contributed by atoms with Crippen molar-refractivity contribution in [3.8, 4) is 0 Å². The summed E-state index contributed by atoms with van der Waals surface area (Å²) in [4.78, 5) is 29.9. The molecular formula is C18H22F2N4O3. The van der Waals surface area contributed by atoms with Gasteiger partial charge in [0.2, 0.25) is 5.43 Å². The van der Waals surface area contributed by atoms with Gasteiger partial charge < -0.3 is 19.9 Å². The lowest BCUT2D eigenvalue weighted by atomic mass is 10.1. The van der Waals surface area contributed by atoms with E-state index in [2.05, 4.69) is 10.3 Å². The van der Waals surface area contributed by atoms with Gasteiger partial charge in [-0.2, -0.15) is 0 Å². The zero-order valence-corrected chi connectivity index (χ0v) is 15.4. The van der Waals surface area contributed by atoms with E-state index >= 15 is 0 Å². The number of alkyl halides is 1. The first-order valence-corrected chi connectivity index (χ1v) is 8.68. The Morgan fingerprint density at radius 3 is 2.74 bits per heavy atom. The van der Waals surface area contributed by atoms with Crippen molar-refractivity contribution in [3.05, 3.63) is 33.9 Å². The van der Waals surface area contributed by atoms with E-state index in [1.54, 1.807) is 9.47 Å². The van der Waals surface area contributed by atoms with Crippen LogP contribution < -0.4 is 15.6 Å². The number of halogens is 2. The van der Waals surface area contributed by atoms with Crippen molar-refractivity contribution in [2.24, 2.45) is 0 Å². The zero-order chi connectivity index (χ0) is 19.9. The number of aromatic carboxylic acids is 1. The molecule has 1 fully saturated rings. The van der Waals surface area contributed by atoms with Crippen LogP contribution >= 0.6 is 0 Å². The van der Waals surface area contributed by atoms with Crippen LogP contribution in [0.3, 0.4) is 0 Å². The maximum atomic E-state index is 14.8. The number of nitrogens with zero attached hydrogens (tertiary/aromatic N) is 3. The molecule has 0 spiro atoms. The van der Waals surface area contributed by atoms with Gasteiger partial charge in [0.15, 0.2) is 11.6 Å². The number of hydrogen-bond acceptors (Lipinski definition) is 5. The molecule has 0 aliphatic carbocycles. The summed E-state index contributed by atoms with van der Waals surface area (Å²) in [6, 6.07) is 0.442. The first-order valence-electron chi connectivity index (χ1n) is 8.68. The molecule has 1 atom stereocenters. The largest absolute Gasteiger partial charge is 0.477 e. The Hall–Kier alpha value is -2.55. The molecule has 0 bridgehead atoms. The highest BCUT2D eigenvalue weighted by Crippen LogP contribution is 2.27. The van der Waals surface area contributed by atoms with E-state index in [0.717, 1.165) is 6.07 Å². The van der Waals surface area contributed by atoms with E-state index in [4.69, 9.17) is 0 Å². The van der Waals surface area contributed by atoms with Crippen LogP contribution in [0.2, 0.25) is 0 Å². The van der Waals surface area contributed by atoms with Crippen LogP contribution in [0.5, 0.6) is 0 Å². The van der Waals surface area contributed by atoms with Crippen LogP contribution in [0.25, 0.3) is 11.0 Å². The lowest BCUT2D eigenvalue weighted by Crippen LogP contribution is -2.53. The lowest BCUT2D eigenvalue weighted by molar-refractivity contribution is 0.0694. The Kier molecular flexibility index (Phi) is 4.90. The second-order valence-electron chi connectivity index (χ2n) is 7.59. The Labute approximate surface area is 154 Å². The van der Waals surface area contributed by atoms with Gasteiger partial charge in [-0.1, -0.05) is 0 Å². The van der Waals surface area contributed by atoms with Gasteiger partial charge in [-0.25, -0.2) is 18.6 Å². The standard InChI is InChI=1S/C18H22F2N4O3/c1-18(2,3)24-9-12(17(26)27)14(25)11-6-13(20)16(22-15(11)24)23-5-4-21-8-10(23)7-19/h6,9-10,21H,4-5,7-8H2,1-3H3,(H,26,27). The van der Waals surface area contributed by atoms with E-state index in [0.29, 0.717) is 19.6 Å². The highest BCUT2D eigenvalue weighted by molar-refractivity contribution is 5.92. The minimum absolute atomic E-state index is 0.0351. The highest BCUT2D eigenvalue weighted by Gasteiger charge is 2.28.